The molecule has 0 aliphatic rings. The lowest BCUT2D eigenvalue weighted by molar-refractivity contribution is 0.0593. The number of aryl methyl sites for hydroxylation is 1. The molecule has 0 bridgehead atoms. The molecule has 1 aromatic heterocycles. The molecule has 0 saturated carbocycles. The SMILES string of the molecule is CNC(=O)c1ccc(C)c(-n2cc(C#N)c(N)c2C(=O)OC)c1. The van der Waals surface area contributed by atoms with Gasteiger partial charge in [-0.1, -0.05) is 6.07 Å². The van der Waals surface area contributed by atoms with Gasteiger partial charge < -0.3 is 20.4 Å². The second-order valence-corrected chi connectivity index (χ2v) is 4.86. The van der Waals surface area contributed by atoms with Gasteiger partial charge in [-0.05, 0) is 24.6 Å². The number of hydrogen-bond acceptors (Lipinski definition) is 5. The number of esters is 1. The summed E-state index contributed by atoms with van der Waals surface area (Å²) in [7, 11) is 2.77. The number of carbonyl (C=O) groups is 2. The molecular formula is C16H16N4O3. The van der Waals surface area contributed by atoms with Gasteiger partial charge in [0.05, 0.1) is 18.4 Å². The maximum atomic E-state index is 12.0. The Bertz CT molecular complexity index is 831. The Labute approximate surface area is 133 Å². The summed E-state index contributed by atoms with van der Waals surface area (Å²) < 4.78 is 6.22. The fourth-order valence-corrected chi connectivity index (χ4v) is 2.26. The zero-order chi connectivity index (χ0) is 17.1. The van der Waals surface area contributed by atoms with Gasteiger partial charge >= 0.3 is 5.97 Å². The van der Waals surface area contributed by atoms with Gasteiger partial charge in [0.2, 0.25) is 0 Å². The van der Waals surface area contributed by atoms with Crippen molar-refractivity contribution in [2.45, 2.75) is 6.92 Å². The highest BCUT2D eigenvalue weighted by atomic mass is 16.5. The van der Waals surface area contributed by atoms with Crippen molar-refractivity contribution in [2.75, 3.05) is 19.9 Å². The van der Waals surface area contributed by atoms with Crippen molar-refractivity contribution in [3.8, 4) is 11.8 Å². The number of hydrogen-bond donors (Lipinski definition) is 2. The fraction of sp³-hybridized carbons (Fsp3) is 0.188. The maximum Gasteiger partial charge on any atom is 0.357 e. The van der Waals surface area contributed by atoms with Crippen molar-refractivity contribution >= 4 is 17.6 Å². The highest BCUT2D eigenvalue weighted by Crippen LogP contribution is 2.27. The molecule has 118 valence electrons. The van der Waals surface area contributed by atoms with Crippen molar-refractivity contribution in [1.82, 2.24) is 9.88 Å². The van der Waals surface area contributed by atoms with Crippen LogP contribution in [-0.4, -0.2) is 30.6 Å². The van der Waals surface area contributed by atoms with E-state index in [2.05, 4.69) is 5.32 Å². The van der Waals surface area contributed by atoms with Gasteiger partial charge in [0.25, 0.3) is 5.91 Å². The third kappa shape index (κ3) is 2.74. The Morgan fingerprint density at radius 2 is 2.09 bits per heavy atom. The lowest BCUT2D eigenvalue weighted by Gasteiger charge is -2.12. The van der Waals surface area contributed by atoms with Crippen molar-refractivity contribution in [3.05, 3.63) is 46.8 Å². The third-order valence-electron chi connectivity index (χ3n) is 3.50. The van der Waals surface area contributed by atoms with Gasteiger partial charge in [0.1, 0.15) is 6.07 Å². The Morgan fingerprint density at radius 1 is 1.39 bits per heavy atom. The number of ether oxygens (including phenoxy) is 1. The van der Waals surface area contributed by atoms with Crippen LogP contribution in [0, 0.1) is 18.3 Å². The summed E-state index contributed by atoms with van der Waals surface area (Å²) in [5, 5.41) is 11.7. The summed E-state index contributed by atoms with van der Waals surface area (Å²) in [5.74, 6) is -0.916. The van der Waals surface area contributed by atoms with Gasteiger partial charge in [-0.3, -0.25) is 4.79 Å². The van der Waals surface area contributed by atoms with Gasteiger partial charge in [-0.15, -0.1) is 0 Å². The molecule has 2 rings (SSSR count). The first-order chi connectivity index (χ1) is 10.9. The van der Waals surface area contributed by atoms with E-state index in [4.69, 9.17) is 15.7 Å². The normalized spacial score (nSPS) is 10.0. The van der Waals surface area contributed by atoms with E-state index in [1.54, 1.807) is 18.2 Å². The predicted octanol–water partition coefficient (Wildman–Crippen LogP) is 1.39. The summed E-state index contributed by atoms with van der Waals surface area (Å²) in [4.78, 5) is 23.9. The van der Waals surface area contributed by atoms with E-state index in [0.717, 1.165) is 5.56 Å². The molecule has 1 heterocycles. The number of nitrogens with zero attached hydrogens (tertiary/aromatic N) is 2. The fourth-order valence-electron chi connectivity index (χ4n) is 2.26. The molecule has 1 aromatic carbocycles. The molecule has 0 atom stereocenters. The van der Waals surface area contributed by atoms with E-state index in [-0.39, 0.29) is 22.9 Å². The number of benzene rings is 1. The number of nitrogens with two attached hydrogens (primary N) is 1. The second kappa shape index (κ2) is 6.23. The van der Waals surface area contributed by atoms with E-state index in [1.807, 2.05) is 13.0 Å². The average Bonchev–Trinajstić information content (AvgIpc) is 2.90. The molecule has 2 aromatic rings. The molecule has 1 amide bonds. The summed E-state index contributed by atoms with van der Waals surface area (Å²) in [6.07, 6.45) is 1.46. The van der Waals surface area contributed by atoms with Gasteiger partial charge in [-0.2, -0.15) is 5.26 Å². The largest absolute Gasteiger partial charge is 0.464 e. The number of carbonyl (C=O) groups excluding carboxylic acids is 2. The van der Waals surface area contributed by atoms with E-state index >= 15 is 0 Å². The topological polar surface area (TPSA) is 110 Å². The zero-order valence-corrected chi connectivity index (χ0v) is 13.0. The van der Waals surface area contributed by atoms with Crippen LogP contribution in [0.3, 0.4) is 0 Å². The van der Waals surface area contributed by atoms with Crippen molar-refractivity contribution in [3.63, 3.8) is 0 Å². The highest BCUT2D eigenvalue weighted by molar-refractivity contribution is 5.97. The molecule has 0 spiro atoms. The molecule has 23 heavy (non-hydrogen) atoms. The first-order valence-corrected chi connectivity index (χ1v) is 6.77. The molecule has 7 nitrogen and oxygen atoms in total. The first kappa shape index (κ1) is 16.1. The lowest BCUT2D eigenvalue weighted by atomic mass is 10.1. The van der Waals surface area contributed by atoms with E-state index in [0.29, 0.717) is 11.3 Å². The van der Waals surface area contributed by atoms with Crippen LogP contribution in [0.5, 0.6) is 0 Å². The molecular weight excluding hydrogens is 296 g/mol. The van der Waals surface area contributed by atoms with Gasteiger partial charge in [0, 0.05) is 24.5 Å². The van der Waals surface area contributed by atoms with E-state index in [9.17, 15) is 9.59 Å². The van der Waals surface area contributed by atoms with Crippen LogP contribution < -0.4 is 11.1 Å². The van der Waals surface area contributed by atoms with Gasteiger partial charge in [0.15, 0.2) is 5.69 Å². The predicted molar refractivity (Wildman–Crippen MR) is 84.4 cm³/mol. The highest BCUT2D eigenvalue weighted by Gasteiger charge is 2.22. The Balaban J connectivity index is 2.74. The number of rotatable bonds is 3. The third-order valence-corrected chi connectivity index (χ3v) is 3.50. The number of nitrogens with one attached hydrogen (secondary N) is 1. The van der Waals surface area contributed by atoms with Crippen LogP contribution in [0.25, 0.3) is 5.69 Å². The number of nitriles is 1. The van der Waals surface area contributed by atoms with Crippen LogP contribution in [0.15, 0.2) is 24.4 Å². The molecule has 0 radical (unpaired) electrons. The molecule has 0 fully saturated rings. The number of anilines is 1. The number of nitrogen functional groups attached to an aromatic ring is 1. The minimum absolute atomic E-state index is 0.0455. The van der Waals surface area contributed by atoms with Crippen molar-refractivity contribution < 1.29 is 14.3 Å². The monoisotopic (exact) mass is 312 g/mol. The van der Waals surface area contributed by atoms with Crippen molar-refractivity contribution in [2.24, 2.45) is 0 Å². The summed E-state index contributed by atoms with van der Waals surface area (Å²) in [5.41, 5.74) is 7.95. The summed E-state index contributed by atoms with van der Waals surface area (Å²) >= 11 is 0. The molecule has 3 N–H and O–H groups in total. The Morgan fingerprint density at radius 3 is 2.65 bits per heavy atom. The number of aromatic nitrogens is 1. The number of methoxy groups -OCH3 is 1. The summed E-state index contributed by atoms with van der Waals surface area (Å²) in [6, 6.07) is 6.99. The minimum atomic E-state index is -0.659. The molecule has 0 saturated heterocycles. The first-order valence-electron chi connectivity index (χ1n) is 6.77. The lowest BCUT2D eigenvalue weighted by Crippen LogP contribution is -2.18. The Kier molecular flexibility index (Phi) is 4.37. The zero-order valence-electron chi connectivity index (χ0n) is 13.0. The van der Waals surface area contributed by atoms with Crippen LogP contribution >= 0.6 is 0 Å². The average molecular weight is 312 g/mol. The molecule has 0 aliphatic carbocycles. The second-order valence-electron chi connectivity index (χ2n) is 4.86. The minimum Gasteiger partial charge on any atom is -0.464 e. The van der Waals surface area contributed by atoms with Crippen LogP contribution in [-0.2, 0) is 4.74 Å². The molecule has 0 unspecified atom stereocenters. The van der Waals surface area contributed by atoms with Crippen LogP contribution in [0.1, 0.15) is 32.0 Å². The smallest absolute Gasteiger partial charge is 0.357 e. The quantitative estimate of drug-likeness (QED) is 0.832. The summed E-state index contributed by atoms with van der Waals surface area (Å²) in [6.45, 7) is 1.83. The molecule has 0 aliphatic heterocycles. The van der Waals surface area contributed by atoms with Crippen LogP contribution in [0.4, 0.5) is 5.69 Å². The van der Waals surface area contributed by atoms with E-state index < -0.39 is 5.97 Å². The van der Waals surface area contributed by atoms with Crippen molar-refractivity contribution in [1.29, 1.82) is 5.26 Å². The maximum absolute atomic E-state index is 12.0. The standard InChI is InChI=1S/C16H16N4O3/c1-9-4-5-10(15(21)19-2)6-12(9)20-8-11(7-17)13(18)14(20)16(22)23-3/h4-6,8H,18H2,1-3H3,(H,19,21). The Hall–Kier alpha value is -3.27. The number of amides is 1. The molecule has 7 heteroatoms. The van der Waals surface area contributed by atoms with Crippen LogP contribution in [0.2, 0.25) is 0 Å². The van der Waals surface area contributed by atoms with Gasteiger partial charge in [-0.25, -0.2) is 4.79 Å². The van der Waals surface area contributed by atoms with E-state index in [1.165, 1.54) is 24.9 Å².